The number of aromatic hydroxyl groups is 1. The number of phenolic OH excluding ortho intramolecular Hbond substituents is 1. The smallest absolute Gasteiger partial charge is 0.161 e. The number of hydrogen-bond acceptors (Lipinski definition) is 5. The van der Waals surface area contributed by atoms with Gasteiger partial charge in [0.2, 0.25) is 0 Å². The summed E-state index contributed by atoms with van der Waals surface area (Å²) in [4.78, 5) is 4.86. The van der Waals surface area contributed by atoms with E-state index >= 15 is 0 Å². The second-order valence-electron chi connectivity index (χ2n) is 6.61. The van der Waals surface area contributed by atoms with Crippen LogP contribution in [-0.2, 0) is 0 Å². The van der Waals surface area contributed by atoms with E-state index in [1.54, 1.807) is 20.3 Å². The number of methoxy groups -OCH3 is 2. The monoisotopic (exact) mass is 374 g/mol. The maximum Gasteiger partial charge on any atom is 0.161 e. The number of anilines is 1. The molecule has 0 saturated heterocycles. The highest BCUT2D eigenvalue weighted by molar-refractivity contribution is 6.06. The average Bonchev–Trinajstić information content (AvgIpc) is 2.93. The van der Waals surface area contributed by atoms with Gasteiger partial charge < -0.3 is 19.9 Å². The Balaban J connectivity index is 1.80. The zero-order chi connectivity index (χ0) is 19.5. The van der Waals surface area contributed by atoms with Crippen LogP contribution in [0.1, 0.15) is 23.6 Å². The number of fused-ring (bicyclic) bond motifs is 1. The van der Waals surface area contributed by atoms with Crippen LogP contribution in [0.5, 0.6) is 17.2 Å². The molecule has 28 heavy (non-hydrogen) atoms. The highest BCUT2D eigenvalue weighted by atomic mass is 16.5. The Bertz CT molecular complexity index is 1030. The largest absolute Gasteiger partial charge is 0.507 e. The lowest BCUT2D eigenvalue weighted by Crippen LogP contribution is -2.14. The molecule has 1 atom stereocenters. The summed E-state index contributed by atoms with van der Waals surface area (Å²) in [6, 6.07) is 21.1. The van der Waals surface area contributed by atoms with Gasteiger partial charge in [0.05, 0.1) is 37.3 Å². The van der Waals surface area contributed by atoms with Crippen LogP contribution < -0.4 is 14.8 Å². The standard InChI is InChI=1S/C23H22N2O3/c1-27-22-12-11-15(13-23(22)28-2)19-14-20(16-7-3-6-10-21(16)26)25-18-9-5-4-8-17(18)24-19/h3-13,19,24,26H,14H2,1-2H3/t19-/m0/s1. The van der Waals surface area contributed by atoms with E-state index in [1.807, 2.05) is 60.7 Å². The van der Waals surface area contributed by atoms with E-state index < -0.39 is 0 Å². The van der Waals surface area contributed by atoms with Gasteiger partial charge in [-0.05, 0) is 42.0 Å². The van der Waals surface area contributed by atoms with Crippen molar-refractivity contribution < 1.29 is 14.6 Å². The first-order chi connectivity index (χ1) is 13.7. The second kappa shape index (κ2) is 7.64. The lowest BCUT2D eigenvalue weighted by Gasteiger charge is -2.21. The molecule has 5 nitrogen and oxygen atoms in total. The van der Waals surface area contributed by atoms with E-state index in [9.17, 15) is 5.11 Å². The van der Waals surface area contributed by atoms with Crippen molar-refractivity contribution in [3.05, 3.63) is 77.9 Å². The van der Waals surface area contributed by atoms with Crippen molar-refractivity contribution in [3.8, 4) is 17.2 Å². The van der Waals surface area contributed by atoms with Crippen molar-refractivity contribution in [1.82, 2.24) is 0 Å². The van der Waals surface area contributed by atoms with Crippen LogP contribution in [0.25, 0.3) is 0 Å². The van der Waals surface area contributed by atoms with E-state index in [2.05, 4.69) is 5.32 Å². The fraction of sp³-hybridized carbons (Fsp3) is 0.174. The van der Waals surface area contributed by atoms with Gasteiger partial charge in [0.15, 0.2) is 11.5 Å². The molecule has 0 unspecified atom stereocenters. The quantitative estimate of drug-likeness (QED) is 0.668. The van der Waals surface area contributed by atoms with Gasteiger partial charge in [0.25, 0.3) is 0 Å². The van der Waals surface area contributed by atoms with Crippen LogP contribution in [0.4, 0.5) is 11.4 Å². The Morgan fingerprint density at radius 1 is 0.929 bits per heavy atom. The molecule has 1 aliphatic rings. The molecule has 3 aromatic carbocycles. The minimum Gasteiger partial charge on any atom is -0.507 e. The van der Waals surface area contributed by atoms with Crippen molar-refractivity contribution in [2.45, 2.75) is 12.5 Å². The van der Waals surface area contributed by atoms with Gasteiger partial charge in [0.1, 0.15) is 5.75 Å². The molecule has 0 aliphatic carbocycles. The predicted octanol–water partition coefficient (Wildman–Crippen LogP) is 5.09. The molecule has 5 heteroatoms. The Morgan fingerprint density at radius 2 is 1.68 bits per heavy atom. The van der Waals surface area contributed by atoms with E-state index in [-0.39, 0.29) is 11.8 Å². The summed E-state index contributed by atoms with van der Waals surface area (Å²) in [5, 5.41) is 14.0. The van der Waals surface area contributed by atoms with Crippen LogP contribution in [-0.4, -0.2) is 25.0 Å². The Labute approximate surface area is 164 Å². The molecule has 0 fully saturated rings. The van der Waals surface area contributed by atoms with Crippen molar-refractivity contribution in [2.24, 2.45) is 4.99 Å². The molecule has 4 rings (SSSR count). The first-order valence-corrected chi connectivity index (χ1v) is 9.13. The molecular formula is C23H22N2O3. The van der Waals surface area contributed by atoms with Crippen molar-refractivity contribution in [2.75, 3.05) is 19.5 Å². The highest BCUT2D eigenvalue weighted by Gasteiger charge is 2.23. The fourth-order valence-electron chi connectivity index (χ4n) is 3.47. The van der Waals surface area contributed by atoms with Gasteiger partial charge >= 0.3 is 0 Å². The number of rotatable bonds is 4. The van der Waals surface area contributed by atoms with Gasteiger partial charge in [-0.25, -0.2) is 0 Å². The van der Waals surface area contributed by atoms with Crippen LogP contribution >= 0.6 is 0 Å². The summed E-state index contributed by atoms with van der Waals surface area (Å²) < 4.78 is 10.8. The van der Waals surface area contributed by atoms with Gasteiger partial charge in [-0.15, -0.1) is 0 Å². The number of phenols is 1. The fourth-order valence-corrected chi connectivity index (χ4v) is 3.47. The Morgan fingerprint density at radius 3 is 2.46 bits per heavy atom. The first-order valence-electron chi connectivity index (χ1n) is 9.13. The van der Waals surface area contributed by atoms with E-state index in [0.717, 1.165) is 28.2 Å². The Hall–Kier alpha value is -3.47. The molecule has 1 aliphatic heterocycles. The summed E-state index contributed by atoms with van der Waals surface area (Å²) >= 11 is 0. The van der Waals surface area contributed by atoms with Crippen molar-refractivity contribution in [1.29, 1.82) is 0 Å². The second-order valence-corrected chi connectivity index (χ2v) is 6.61. The van der Waals surface area contributed by atoms with Crippen molar-refractivity contribution >= 4 is 17.1 Å². The highest BCUT2D eigenvalue weighted by Crippen LogP contribution is 2.38. The summed E-state index contributed by atoms with van der Waals surface area (Å²) in [6.07, 6.45) is 0.613. The van der Waals surface area contributed by atoms with E-state index in [0.29, 0.717) is 17.9 Å². The van der Waals surface area contributed by atoms with Crippen LogP contribution in [0.2, 0.25) is 0 Å². The number of aliphatic imine (C=N–C) groups is 1. The van der Waals surface area contributed by atoms with Crippen LogP contribution in [0, 0.1) is 0 Å². The summed E-state index contributed by atoms with van der Waals surface area (Å²) in [7, 11) is 3.26. The van der Waals surface area contributed by atoms with Gasteiger partial charge in [-0.3, -0.25) is 4.99 Å². The Kier molecular flexibility index (Phi) is 4.89. The number of nitrogens with one attached hydrogen (secondary N) is 1. The minimum absolute atomic E-state index is 0.0400. The zero-order valence-electron chi connectivity index (χ0n) is 15.8. The average molecular weight is 374 g/mol. The maximum absolute atomic E-state index is 10.4. The molecule has 0 radical (unpaired) electrons. The first kappa shape index (κ1) is 17.9. The molecule has 0 bridgehead atoms. The molecule has 1 heterocycles. The van der Waals surface area contributed by atoms with Gasteiger partial charge in [-0.1, -0.05) is 30.3 Å². The maximum atomic E-state index is 10.4. The SMILES string of the molecule is COc1ccc([C@@H]2CC(c3ccccc3O)=Nc3ccccc3N2)cc1OC. The molecule has 2 N–H and O–H groups in total. The molecule has 3 aromatic rings. The normalized spacial score (nSPS) is 15.6. The van der Waals surface area contributed by atoms with Crippen LogP contribution in [0.3, 0.4) is 0 Å². The molecule has 0 spiro atoms. The summed E-state index contributed by atoms with van der Waals surface area (Å²) in [5.74, 6) is 1.60. The number of para-hydroxylation sites is 3. The number of benzene rings is 3. The lowest BCUT2D eigenvalue weighted by molar-refractivity contribution is 0.354. The summed E-state index contributed by atoms with van der Waals surface area (Å²) in [5.41, 5.74) is 4.43. The zero-order valence-corrected chi connectivity index (χ0v) is 15.8. The molecule has 142 valence electrons. The number of hydrogen-bond donors (Lipinski definition) is 2. The predicted molar refractivity (Wildman–Crippen MR) is 111 cm³/mol. The molecule has 0 aromatic heterocycles. The van der Waals surface area contributed by atoms with E-state index in [4.69, 9.17) is 14.5 Å². The van der Waals surface area contributed by atoms with Crippen molar-refractivity contribution in [3.63, 3.8) is 0 Å². The molecular weight excluding hydrogens is 352 g/mol. The van der Waals surface area contributed by atoms with E-state index in [1.165, 1.54) is 0 Å². The lowest BCUT2D eigenvalue weighted by atomic mass is 9.96. The minimum atomic E-state index is -0.0400. The summed E-state index contributed by atoms with van der Waals surface area (Å²) in [6.45, 7) is 0. The topological polar surface area (TPSA) is 63.1 Å². The molecule has 0 amide bonds. The third kappa shape index (κ3) is 3.39. The number of nitrogens with zero attached hydrogens (tertiary/aromatic N) is 1. The number of ether oxygens (including phenoxy) is 2. The third-order valence-corrected chi connectivity index (χ3v) is 4.91. The van der Waals surface area contributed by atoms with Crippen LogP contribution in [0.15, 0.2) is 71.7 Å². The van der Waals surface area contributed by atoms with Gasteiger partial charge in [-0.2, -0.15) is 0 Å². The third-order valence-electron chi connectivity index (χ3n) is 4.91. The van der Waals surface area contributed by atoms with Gasteiger partial charge in [0, 0.05) is 12.0 Å². The molecule has 0 saturated carbocycles.